The molecule has 154 valence electrons. The first-order valence-corrected chi connectivity index (χ1v) is 8.92. The van der Waals surface area contributed by atoms with E-state index >= 15 is 0 Å². The molecule has 0 unspecified atom stereocenters. The van der Waals surface area contributed by atoms with Gasteiger partial charge in [-0.05, 0) is 31.2 Å². The maximum atomic E-state index is 12.5. The quantitative estimate of drug-likeness (QED) is 0.234. The van der Waals surface area contributed by atoms with Gasteiger partial charge in [-0.1, -0.05) is 0 Å². The molecular weight excluding hydrogens is 506 g/mol. The fraction of sp³-hybridized carbons (Fsp3) is 0.353. The van der Waals surface area contributed by atoms with Crippen LogP contribution in [0.4, 0.5) is 13.2 Å². The summed E-state index contributed by atoms with van der Waals surface area (Å²) in [5.41, 5.74) is -0.615. The summed E-state index contributed by atoms with van der Waals surface area (Å²) in [6.07, 6.45) is -2.62. The minimum atomic E-state index is -4.42. The van der Waals surface area contributed by atoms with Gasteiger partial charge in [0.15, 0.2) is 5.96 Å². The second kappa shape index (κ2) is 11.2. The van der Waals surface area contributed by atoms with Crippen LogP contribution in [0.5, 0.6) is 0 Å². The van der Waals surface area contributed by atoms with Crippen molar-refractivity contribution in [2.45, 2.75) is 19.6 Å². The lowest BCUT2D eigenvalue weighted by molar-refractivity contribution is -0.137. The molecule has 0 saturated heterocycles. The maximum absolute atomic E-state index is 12.5. The molecule has 1 amide bonds. The van der Waals surface area contributed by atoms with Crippen LogP contribution in [0.15, 0.2) is 35.5 Å². The Morgan fingerprint density at radius 1 is 1.14 bits per heavy atom. The standard InChI is InChI=1S/C17H20F3N5OS.HI/c1-11-9-24-14(27-11)10-25-16(21-2)23-8-7-22-15(26)12-3-5-13(6-4-12)17(18,19)20;/h3-6,9H,7-8,10H2,1-2H3,(H,22,26)(H2,21,23,25);1H. The maximum Gasteiger partial charge on any atom is 0.416 e. The summed E-state index contributed by atoms with van der Waals surface area (Å²) in [5.74, 6) is 0.123. The van der Waals surface area contributed by atoms with Crippen molar-refractivity contribution in [2.75, 3.05) is 20.1 Å². The molecule has 6 nitrogen and oxygen atoms in total. The monoisotopic (exact) mass is 527 g/mol. The van der Waals surface area contributed by atoms with Gasteiger partial charge >= 0.3 is 6.18 Å². The van der Waals surface area contributed by atoms with Crippen LogP contribution in [-0.2, 0) is 12.7 Å². The minimum absolute atomic E-state index is 0. The van der Waals surface area contributed by atoms with Crippen LogP contribution in [0.2, 0.25) is 0 Å². The van der Waals surface area contributed by atoms with Crippen molar-refractivity contribution in [2.24, 2.45) is 4.99 Å². The summed E-state index contributed by atoms with van der Waals surface area (Å²) in [6, 6.07) is 4.09. The minimum Gasteiger partial charge on any atom is -0.355 e. The average Bonchev–Trinajstić information content (AvgIpc) is 3.05. The van der Waals surface area contributed by atoms with Gasteiger partial charge in [-0.3, -0.25) is 9.79 Å². The molecule has 1 aromatic heterocycles. The van der Waals surface area contributed by atoms with Crippen LogP contribution in [0.3, 0.4) is 0 Å². The number of nitrogens with zero attached hydrogens (tertiary/aromatic N) is 2. The normalized spacial score (nSPS) is 11.5. The molecule has 0 saturated carbocycles. The van der Waals surface area contributed by atoms with E-state index in [-0.39, 0.29) is 36.1 Å². The molecule has 0 aliphatic heterocycles. The molecule has 2 rings (SSSR count). The second-order valence-corrected chi connectivity index (χ2v) is 6.87. The highest BCUT2D eigenvalue weighted by atomic mass is 127. The predicted molar refractivity (Wildman–Crippen MR) is 114 cm³/mol. The number of alkyl halides is 3. The molecular formula is C17H21F3IN5OS. The van der Waals surface area contributed by atoms with Gasteiger partial charge in [-0.2, -0.15) is 13.2 Å². The zero-order chi connectivity index (χ0) is 19.9. The Labute approximate surface area is 182 Å². The number of carbonyl (C=O) groups excluding carboxylic acids is 1. The van der Waals surface area contributed by atoms with E-state index in [4.69, 9.17) is 0 Å². The topological polar surface area (TPSA) is 78.4 Å². The van der Waals surface area contributed by atoms with Crippen LogP contribution in [-0.4, -0.2) is 37.0 Å². The molecule has 0 radical (unpaired) electrons. The third kappa shape index (κ3) is 7.62. The number of guanidine groups is 1. The van der Waals surface area contributed by atoms with Gasteiger partial charge in [0.05, 0.1) is 12.1 Å². The van der Waals surface area contributed by atoms with Crippen molar-refractivity contribution in [1.29, 1.82) is 0 Å². The summed E-state index contributed by atoms with van der Waals surface area (Å²) in [6.45, 7) is 3.21. The molecule has 3 N–H and O–H groups in total. The predicted octanol–water partition coefficient (Wildman–Crippen LogP) is 3.18. The first-order chi connectivity index (χ1) is 12.8. The number of nitrogens with one attached hydrogen (secondary N) is 3. The van der Waals surface area contributed by atoms with Crippen molar-refractivity contribution in [1.82, 2.24) is 20.9 Å². The summed E-state index contributed by atoms with van der Waals surface area (Å²) in [5, 5.41) is 9.72. The lowest BCUT2D eigenvalue weighted by atomic mass is 10.1. The van der Waals surface area contributed by atoms with Gasteiger partial charge in [0.1, 0.15) is 5.01 Å². The fourth-order valence-electron chi connectivity index (χ4n) is 2.13. The molecule has 0 aliphatic carbocycles. The Balaban J connectivity index is 0.00000392. The first-order valence-electron chi connectivity index (χ1n) is 8.11. The highest BCUT2D eigenvalue weighted by Gasteiger charge is 2.30. The molecule has 0 atom stereocenters. The third-order valence-corrected chi connectivity index (χ3v) is 4.39. The second-order valence-electron chi connectivity index (χ2n) is 5.55. The molecule has 2 aromatic rings. The summed E-state index contributed by atoms with van der Waals surface area (Å²) >= 11 is 1.59. The Morgan fingerprint density at radius 2 is 1.79 bits per heavy atom. The zero-order valence-electron chi connectivity index (χ0n) is 15.3. The smallest absolute Gasteiger partial charge is 0.355 e. The van der Waals surface area contributed by atoms with Crippen molar-refractivity contribution in [3.05, 3.63) is 51.5 Å². The van der Waals surface area contributed by atoms with Gasteiger partial charge < -0.3 is 16.0 Å². The van der Waals surface area contributed by atoms with Crippen LogP contribution < -0.4 is 16.0 Å². The van der Waals surface area contributed by atoms with Crippen molar-refractivity contribution < 1.29 is 18.0 Å². The SMILES string of the molecule is CN=C(NCCNC(=O)c1ccc(C(F)(F)F)cc1)NCc1ncc(C)s1.I. The number of aliphatic imine (C=N–C) groups is 1. The fourth-order valence-corrected chi connectivity index (χ4v) is 2.86. The van der Waals surface area contributed by atoms with Gasteiger partial charge in [0, 0.05) is 36.8 Å². The molecule has 11 heteroatoms. The van der Waals surface area contributed by atoms with Crippen molar-refractivity contribution in [3.63, 3.8) is 0 Å². The van der Waals surface area contributed by atoms with E-state index in [1.807, 2.05) is 6.92 Å². The van der Waals surface area contributed by atoms with Gasteiger partial charge in [0.25, 0.3) is 5.91 Å². The average molecular weight is 527 g/mol. The van der Waals surface area contributed by atoms with Crippen molar-refractivity contribution >= 4 is 47.2 Å². The Morgan fingerprint density at radius 3 is 2.32 bits per heavy atom. The molecule has 0 spiro atoms. The van der Waals surface area contributed by atoms with E-state index in [0.717, 1.165) is 34.2 Å². The number of thiazole rings is 1. The van der Waals surface area contributed by atoms with E-state index in [9.17, 15) is 18.0 Å². The van der Waals surface area contributed by atoms with Crippen LogP contribution in [0.1, 0.15) is 25.8 Å². The van der Waals surface area contributed by atoms with E-state index in [1.54, 1.807) is 24.6 Å². The van der Waals surface area contributed by atoms with Crippen LogP contribution in [0.25, 0.3) is 0 Å². The van der Waals surface area contributed by atoms with Crippen LogP contribution >= 0.6 is 35.3 Å². The molecule has 0 aliphatic rings. The number of halogens is 4. The van der Waals surface area contributed by atoms with E-state index in [0.29, 0.717) is 19.0 Å². The molecule has 1 heterocycles. The van der Waals surface area contributed by atoms with Gasteiger partial charge in [0.2, 0.25) is 0 Å². The Hall–Kier alpha value is -1.89. The molecule has 0 fully saturated rings. The number of hydrogen-bond donors (Lipinski definition) is 3. The van der Waals surface area contributed by atoms with E-state index in [1.165, 1.54) is 0 Å². The Kier molecular flexibility index (Phi) is 9.65. The lowest BCUT2D eigenvalue weighted by Crippen LogP contribution is -2.41. The zero-order valence-corrected chi connectivity index (χ0v) is 18.4. The van der Waals surface area contributed by atoms with Gasteiger partial charge in [-0.25, -0.2) is 4.98 Å². The number of aromatic nitrogens is 1. The summed E-state index contributed by atoms with van der Waals surface area (Å²) in [7, 11) is 1.63. The number of benzene rings is 1. The highest BCUT2D eigenvalue weighted by molar-refractivity contribution is 14.0. The number of amides is 1. The number of hydrogen-bond acceptors (Lipinski definition) is 4. The lowest BCUT2D eigenvalue weighted by Gasteiger charge is -2.12. The molecule has 1 aromatic carbocycles. The Bertz CT molecular complexity index is 793. The van der Waals surface area contributed by atoms with Gasteiger partial charge in [-0.15, -0.1) is 35.3 Å². The van der Waals surface area contributed by atoms with Crippen molar-refractivity contribution in [3.8, 4) is 0 Å². The first kappa shape index (κ1) is 24.1. The molecule has 28 heavy (non-hydrogen) atoms. The largest absolute Gasteiger partial charge is 0.416 e. The summed E-state index contributed by atoms with van der Waals surface area (Å²) in [4.78, 5) is 21.4. The van der Waals surface area contributed by atoms with E-state index in [2.05, 4.69) is 25.9 Å². The van der Waals surface area contributed by atoms with E-state index < -0.39 is 17.6 Å². The number of aryl methyl sites for hydroxylation is 1. The number of rotatable bonds is 6. The van der Waals surface area contributed by atoms with Crippen LogP contribution in [0, 0.1) is 6.92 Å². The number of carbonyl (C=O) groups is 1. The highest BCUT2D eigenvalue weighted by Crippen LogP contribution is 2.29. The molecule has 0 bridgehead atoms. The summed E-state index contributed by atoms with van der Waals surface area (Å²) < 4.78 is 37.6. The third-order valence-electron chi connectivity index (χ3n) is 3.48.